The molecule has 2 aromatic carbocycles. The molecule has 2 N–H and O–H groups in total. The molecule has 3 aliphatic rings. The highest BCUT2D eigenvalue weighted by atomic mass is 32.2. The Morgan fingerprint density at radius 1 is 0.974 bits per heavy atom. The maximum absolute atomic E-state index is 12.9. The van der Waals surface area contributed by atoms with Gasteiger partial charge in [-0.15, -0.1) is 0 Å². The fourth-order valence-corrected chi connectivity index (χ4v) is 7.25. The Morgan fingerprint density at radius 2 is 1.72 bits per heavy atom. The van der Waals surface area contributed by atoms with Gasteiger partial charge in [-0.05, 0) is 37.3 Å². The number of rotatable bonds is 8. The van der Waals surface area contributed by atoms with Crippen molar-refractivity contribution in [2.24, 2.45) is 0 Å². The van der Waals surface area contributed by atoms with Crippen molar-refractivity contribution in [2.75, 3.05) is 65.0 Å². The van der Waals surface area contributed by atoms with Gasteiger partial charge in [0.15, 0.2) is 0 Å². The summed E-state index contributed by atoms with van der Waals surface area (Å²) in [5, 5.41) is 6.46. The summed E-state index contributed by atoms with van der Waals surface area (Å²) < 4.78 is 10.9. The standard InChI is InChI=1S/C29H34N4O4S2/c1-20(32-9-14-36-15-10-32)29(35)31-21-6-7-25-27(18-21)38-26-5-3-4-23(28(26)39-25)24(30-2)19-22(8-13-34)33-11-16-37-17-12-33/h3-8,13,18-20,30H,9-12,14-17H2,1-2H3,(H,31,35)/b22-8+,24-19-. The van der Waals surface area contributed by atoms with Gasteiger partial charge < -0.3 is 25.0 Å². The molecule has 10 heteroatoms. The minimum Gasteiger partial charge on any atom is -0.388 e. The molecule has 0 spiro atoms. The second-order valence-corrected chi connectivity index (χ2v) is 11.6. The number of fused-ring (bicyclic) bond motifs is 2. The van der Waals surface area contributed by atoms with Crippen molar-refractivity contribution in [2.45, 2.75) is 32.5 Å². The number of amides is 1. The van der Waals surface area contributed by atoms with Crippen LogP contribution >= 0.6 is 23.5 Å². The van der Waals surface area contributed by atoms with Gasteiger partial charge in [0.25, 0.3) is 0 Å². The minimum atomic E-state index is -0.211. The highest BCUT2D eigenvalue weighted by Gasteiger charge is 2.25. The van der Waals surface area contributed by atoms with E-state index in [9.17, 15) is 9.59 Å². The van der Waals surface area contributed by atoms with E-state index in [1.165, 1.54) is 4.90 Å². The molecule has 1 atom stereocenters. The molecule has 206 valence electrons. The van der Waals surface area contributed by atoms with Crippen LogP contribution in [0.15, 0.2) is 73.8 Å². The largest absolute Gasteiger partial charge is 0.388 e. The Hall–Kier alpha value is -2.76. The third-order valence-corrected chi connectivity index (χ3v) is 9.66. The zero-order valence-corrected chi connectivity index (χ0v) is 23.9. The van der Waals surface area contributed by atoms with Crippen LogP contribution in [0.3, 0.4) is 0 Å². The van der Waals surface area contributed by atoms with Gasteiger partial charge >= 0.3 is 0 Å². The van der Waals surface area contributed by atoms with E-state index in [1.54, 1.807) is 29.6 Å². The normalized spacial score (nSPS) is 19.1. The lowest BCUT2D eigenvalue weighted by atomic mass is 10.1. The lowest BCUT2D eigenvalue weighted by Crippen LogP contribution is -2.47. The van der Waals surface area contributed by atoms with Gasteiger partial charge in [0.1, 0.15) is 6.29 Å². The van der Waals surface area contributed by atoms with Gasteiger partial charge in [-0.3, -0.25) is 14.5 Å². The predicted molar refractivity (Wildman–Crippen MR) is 155 cm³/mol. The van der Waals surface area contributed by atoms with E-state index >= 15 is 0 Å². The van der Waals surface area contributed by atoms with Crippen LogP contribution in [-0.4, -0.2) is 87.7 Å². The number of nitrogens with one attached hydrogen (secondary N) is 2. The number of hydrogen-bond acceptors (Lipinski definition) is 9. The summed E-state index contributed by atoms with van der Waals surface area (Å²) in [7, 11) is 1.91. The van der Waals surface area contributed by atoms with Crippen molar-refractivity contribution >= 4 is 47.1 Å². The lowest BCUT2D eigenvalue weighted by molar-refractivity contribution is -0.122. The minimum absolute atomic E-state index is 0.00347. The molecule has 0 aromatic heterocycles. The summed E-state index contributed by atoms with van der Waals surface area (Å²) in [6.07, 6.45) is 4.50. The molecule has 0 radical (unpaired) electrons. The van der Waals surface area contributed by atoms with Crippen molar-refractivity contribution in [1.82, 2.24) is 15.1 Å². The third kappa shape index (κ3) is 6.53. The van der Waals surface area contributed by atoms with Crippen molar-refractivity contribution in [3.63, 3.8) is 0 Å². The van der Waals surface area contributed by atoms with Crippen LogP contribution < -0.4 is 10.6 Å². The molecule has 0 saturated carbocycles. The zero-order valence-electron chi connectivity index (χ0n) is 22.3. The van der Waals surface area contributed by atoms with Crippen molar-refractivity contribution in [1.29, 1.82) is 0 Å². The molecule has 1 unspecified atom stereocenters. The van der Waals surface area contributed by atoms with E-state index in [1.807, 2.05) is 26.1 Å². The van der Waals surface area contributed by atoms with Gasteiger partial charge in [0, 0.05) is 81.5 Å². The SMILES string of the molecule is CN/C(=C\C(=C/C=O)N1CCOCC1)c1cccc2c1Sc1ccc(NC(=O)C(C)N3CCOCC3)cc1S2. The van der Waals surface area contributed by atoms with Gasteiger partial charge in [0.05, 0.1) is 32.5 Å². The zero-order chi connectivity index (χ0) is 27.2. The summed E-state index contributed by atoms with van der Waals surface area (Å²) >= 11 is 3.43. The number of allylic oxidation sites excluding steroid dienone is 2. The maximum atomic E-state index is 12.9. The predicted octanol–water partition coefficient (Wildman–Crippen LogP) is 3.94. The van der Waals surface area contributed by atoms with Crippen molar-refractivity contribution in [3.8, 4) is 0 Å². The smallest absolute Gasteiger partial charge is 0.241 e. The molecule has 2 aromatic rings. The number of morpholine rings is 2. The van der Waals surface area contributed by atoms with Gasteiger partial charge in [-0.25, -0.2) is 0 Å². The van der Waals surface area contributed by atoms with Crippen LogP contribution in [0.5, 0.6) is 0 Å². The average molecular weight is 567 g/mol. The highest BCUT2D eigenvalue weighted by molar-refractivity contribution is 8.05. The molecule has 0 aliphatic carbocycles. The van der Waals surface area contributed by atoms with Crippen LogP contribution in [0.1, 0.15) is 12.5 Å². The molecule has 0 bridgehead atoms. The Kier molecular flexibility index (Phi) is 9.31. The van der Waals surface area contributed by atoms with Crippen LogP contribution in [0.4, 0.5) is 5.69 Å². The monoisotopic (exact) mass is 566 g/mol. The first-order chi connectivity index (χ1) is 19.1. The molecular formula is C29H34N4O4S2. The summed E-state index contributed by atoms with van der Waals surface area (Å²) in [4.78, 5) is 33.3. The summed E-state index contributed by atoms with van der Waals surface area (Å²) in [6.45, 7) is 7.62. The van der Waals surface area contributed by atoms with Crippen LogP contribution in [0.2, 0.25) is 0 Å². The molecule has 2 fully saturated rings. The number of hydrogen-bond donors (Lipinski definition) is 2. The molecule has 8 nitrogen and oxygen atoms in total. The Labute approximate surface area is 238 Å². The highest BCUT2D eigenvalue weighted by Crippen LogP contribution is 2.51. The molecule has 39 heavy (non-hydrogen) atoms. The first-order valence-corrected chi connectivity index (χ1v) is 14.8. The number of ether oxygens (including phenoxy) is 2. The summed E-state index contributed by atoms with van der Waals surface area (Å²) in [5.41, 5.74) is 3.70. The summed E-state index contributed by atoms with van der Waals surface area (Å²) in [6, 6.07) is 12.2. The fraction of sp³-hybridized carbons (Fsp3) is 0.379. The van der Waals surface area contributed by atoms with Crippen molar-refractivity contribution in [3.05, 3.63) is 59.8 Å². The maximum Gasteiger partial charge on any atom is 0.241 e. The average Bonchev–Trinajstić information content (AvgIpc) is 2.98. The second kappa shape index (κ2) is 13.1. The Bertz CT molecular complexity index is 1270. The quantitative estimate of drug-likeness (QED) is 0.239. The fourth-order valence-electron chi connectivity index (χ4n) is 4.84. The molecular weight excluding hydrogens is 532 g/mol. The van der Waals surface area contributed by atoms with Crippen LogP contribution in [0.25, 0.3) is 5.70 Å². The second-order valence-electron chi connectivity index (χ2n) is 9.45. The number of nitrogens with zero attached hydrogens (tertiary/aromatic N) is 2. The Morgan fingerprint density at radius 3 is 2.44 bits per heavy atom. The lowest BCUT2D eigenvalue weighted by Gasteiger charge is -2.31. The van der Waals surface area contributed by atoms with Gasteiger partial charge in [0.2, 0.25) is 5.91 Å². The van der Waals surface area contributed by atoms with Crippen LogP contribution in [0, 0.1) is 0 Å². The van der Waals surface area contributed by atoms with Crippen LogP contribution in [-0.2, 0) is 19.1 Å². The van der Waals surface area contributed by atoms with E-state index in [2.05, 4.69) is 50.8 Å². The first-order valence-electron chi connectivity index (χ1n) is 13.2. The van der Waals surface area contributed by atoms with Crippen molar-refractivity contribution < 1.29 is 19.1 Å². The molecule has 1 amide bonds. The third-order valence-electron chi connectivity index (χ3n) is 7.06. The first kappa shape index (κ1) is 27.8. The van der Waals surface area contributed by atoms with E-state index in [0.717, 1.165) is 69.8 Å². The topological polar surface area (TPSA) is 83.1 Å². The van der Waals surface area contributed by atoms with Gasteiger partial charge in [-0.2, -0.15) is 0 Å². The number of carbonyl (C=O) groups is 2. The van der Waals surface area contributed by atoms with E-state index in [4.69, 9.17) is 9.47 Å². The number of benzene rings is 2. The van der Waals surface area contributed by atoms with E-state index in [-0.39, 0.29) is 11.9 Å². The summed E-state index contributed by atoms with van der Waals surface area (Å²) in [5.74, 6) is -0.00347. The van der Waals surface area contributed by atoms with Gasteiger partial charge in [-0.1, -0.05) is 35.7 Å². The number of anilines is 1. The molecule has 2 saturated heterocycles. The van der Waals surface area contributed by atoms with E-state index in [0.29, 0.717) is 26.4 Å². The molecule has 5 rings (SSSR count). The number of carbonyl (C=O) groups excluding carboxylic acids is 2. The van der Waals surface area contributed by atoms with E-state index < -0.39 is 0 Å². The molecule has 3 aliphatic heterocycles. The molecule has 3 heterocycles. The number of aldehydes is 1. The Balaban J connectivity index is 1.35.